The van der Waals surface area contributed by atoms with E-state index >= 15 is 0 Å². The van der Waals surface area contributed by atoms with Gasteiger partial charge in [-0.25, -0.2) is 4.79 Å². The van der Waals surface area contributed by atoms with Crippen LogP contribution < -0.4 is 19.9 Å². The first-order chi connectivity index (χ1) is 16.5. The molecule has 0 spiro atoms. The number of furan rings is 1. The fourth-order valence-electron chi connectivity index (χ4n) is 4.19. The van der Waals surface area contributed by atoms with E-state index in [4.69, 9.17) is 24.4 Å². The largest absolute Gasteiger partial charge is 0.497 e. The maximum atomic E-state index is 12.8. The van der Waals surface area contributed by atoms with Crippen LogP contribution in [0.25, 0.3) is 11.0 Å². The molecule has 0 bridgehead atoms. The smallest absolute Gasteiger partial charge is 0.379 e. The number of hydrogen-bond acceptors (Lipinski definition) is 7. The molecule has 1 unspecified atom stereocenters. The summed E-state index contributed by atoms with van der Waals surface area (Å²) in [5.74, 6) is 0.395. The van der Waals surface area contributed by atoms with Crippen LogP contribution in [0.1, 0.15) is 33.2 Å². The molecule has 2 heterocycles. The van der Waals surface area contributed by atoms with Crippen LogP contribution in [0, 0.1) is 18.3 Å². The molecule has 1 atom stereocenters. The number of benzene rings is 3. The predicted octanol–water partition coefficient (Wildman–Crippen LogP) is 5.19. The molecular formula is C27H20N2O5. The summed E-state index contributed by atoms with van der Waals surface area (Å²) < 4.78 is 22.4. The van der Waals surface area contributed by atoms with E-state index in [0.29, 0.717) is 28.2 Å². The Balaban J connectivity index is 1.50. The van der Waals surface area contributed by atoms with Gasteiger partial charge < -0.3 is 24.4 Å². The van der Waals surface area contributed by atoms with E-state index in [1.807, 2.05) is 49.4 Å². The average Bonchev–Trinajstić information content (AvgIpc) is 3.19. The molecule has 7 nitrogen and oxygen atoms in total. The molecule has 3 aromatic carbocycles. The van der Waals surface area contributed by atoms with Crippen LogP contribution in [0.3, 0.4) is 0 Å². The fraction of sp³-hybridized carbons (Fsp3) is 0.111. The van der Waals surface area contributed by atoms with Gasteiger partial charge in [0.1, 0.15) is 34.5 Å². The highest BCUT2D eigenvalue weighted by Gasteiger charge is 2.31. The molecule has 0 aliphatic carbocycles. The second-order valence-corrected chi connectivity index (χ2v) is 7.84. The molecule has 5 rings (SSSR count). The molecule has 0 saturated heterocycles. The van der Waals surface area contributed by atoms with Gasteiger partial charge in [-0.3, -0.25) is 0 Å². The predicted molar refractivity (Wildman–Crippen MR) is 125 cm³/mol. The summed E-state index contributed by atoms with van der Waals surface area (Å²) in [6, 6.07) is 22.0. The number of nitriles is 1. The zero-order chi connectivity index (χ0) is 23.8. The van der Waals surface area contributed by atoms with E-state index in [1.165, 1.54) is 0 Å². The minimum absolute atomic E-state index is 0.000532. The molecular weight excluding hydrogens is 432 g/mol. The summed E-state index contributed by atoms with van der Waals surface area (Å²) in [5.41, 5.74) is 9.25. The number of rotatable bonds is 4. The van der Waals surface area contributed by atoms with Gasteiger partial charge in [0.05, 0.1) is 13.0 Å². The number of nitrogens with zero attached hydrogens (tertiary/aromatic N) is 1. The van der Waals surface area contributed by atoms with Crippen molar-refractivity contribution in [1.82, 2.24) is 0 Å². The minimum Gasteiger partial charge on any atom is -0.497 e. The number of para-hydroxylation sites is 1. The number of aryl methyl sites for hydroxylation is 1. The number of allylic oxidation sites excluding steroid dienone is 1. The number of nitrogens with two attached hydrogens (primary N) is 1. The Morgan fingerprint density at radius 2 is 1.88 bits per heavy atom. The van der Waals surface area contributed by atoms with Crippen molar-refractivity contribution in [3.8, 4) is 23.3 Å². The van der Waals surface area contributed by atoms with E-state index in [9.17, 15) is 10.1 Å². The molecule has 4 aromatic rings. The minimum atomic E-state index is -0.616. The molecule has 0 amide bonds. The van der Waals surface area contributed by atoms with Gasteiger partial charge in [0.25, 0.3) is 0 Å². The lowest BCUT2D eigenvalue weighted by Crippen LogP contribution is -2.21. The Bertz CT molecular complexity index is 1510. The number of carbonyl (C=O) groups is 1. The lowest BCUT2D eigenvalue weighted by Gasteiger charge is -2.27. The number of esters is 1. The lowest BCUT2D eigenvalue weighted by molar-refractivity contribution is 0.0702. The first-order valence-corrected chi connectivity index (χ1v) is 10.6. The highest BCUT2D eigenvalue weighted by atomic mass is 16.5. The Kier molecular flexibility index (Phi) is 5.19. The second-order valence-electron chi connectivity index (χ2n) is 7.84. The van der Waals surface area contributed by atoms with Crippen molar-refractivity contribution in [3.63, 3.8) is 0 Å². The monoisotopic (exact) mass is 452 g/mol. The summed E-state index contributed by atoms with van der Waals surface area (Å²) in [5, 5.41) is 10.6. The summed E-state index contributed by atoms with van der Waals surface area (Å²) in [6.45, 7) is 1.81. The molecule has 0 saturated carbocycles. The molecule has 7 heteroatoms. The molecule has 168 valence electrons. The average molecular weight is 452 g/mol. The van der Waals surface area contributed by atoms with Crippen LogP contribution in [-0.4, -0.2) is 13.1 Å². The van der Waals surface area contributed by atoms with Crippen LogP contribution in [0.2, 0.25) is 0 Å². The van der Waals surface area contributed by atoms with Gasteiger partial charge >= 0.3 is 5.97 Å². The van der Waals surface area contributed by atoms with Crippen molar-refractivity contribution in [3.05, 3.63) is 101 Å². The zero-order valence-electron chi connectivity index (χ0n) is 18.5. The third kappa shape index (κ3) is 3.51. The Morgan fingerprint density at radius 1 is 1.06 bits per heavy atom. The summed E-state index contributed by atoms with van der Waals surface area (Å²) in [4.78, 5) is 12.8. The number of fused-ring (bicyclic) bond motifs is 2. The van der Waals surface area contributed by atoms with Gasteiger partial charge in [0.15, 0.2) is 0 Å². The van der Waals surface area contributed by atoms with Crippen LogP contribution in [-0.2, 0) is 0 Å². The Labute approximate surface area is 195 Å². The van der Waals surface area contributed by atoms with Gasteiger partial charge in [0.2, 0.25) is 11.6 Å². The normalized spacial score (nSPS) is 14.8. The van der Waals surface area contributed by atoms with E-state index in [-0.39, 0.29) is 17.4 Å². The summed E-state index contributed by atoms with van der Waals surface area (Å²) >= 11 is 0. The van der Waals surface area contributed by atoms with Crippen molar-refractivity contribution < 1.29 is 23.4 Å². The quantitative estimate of drug-likeness (QED) is 0.335. The van der Waals surface area contributed by atoms with Crippen molar-refractivity contribution >= 4 is 16.9 Å². The third-order valence-electron chi connectivity index (χ3n) is 5.86. The lowest BCUT2D eigenvalue weighted by atomic mass is 9.83. The fourth-order valence-corrected chi connectivity index (χ4v) is 4.19. The van der Waals surface area contributed by atoms with Crippen molar-refractivity contribution in [2.24, 2.45) is 5.73 Å². The number of carbonyl (C=O) groups excluding carboxylic acids is 1. The van der Waals surface area contributed by atoms with Crippen LogP contribution in [0.5, 0.6) is 17.2 Å². The van der Waals surface area contributed by atoms with Gasteiger partial charge in [-0.05, 0) is 36.8 Å². The second kappa shape index (κ2) is 8.34. The van der Waals surface area contributed by atoms with E-state index in [0.717, 1.165) is 16.5 Å². The van der Waals surface area contributed by atoms with Gasteiger partial charge in [-0.15, -0.1) is 0 Å². The maximum Gasteiger partial charge on any atom is 0.379 e. The van der Waals surface area contributed by atoms with Crippen LogP contribution in [0.15, 0.2) is 82.6 Å². The van der Waals surface area contributed by atoms with E-state index < -0.39 is 11.9 Å². The van der Waals surface area contributed by atoms with E-state index in [2.05, 4.69) is 6.07 Å². The van der Waals surface area contributed by atoms with Crippen molar-refractivity contribution in [1.29, 1.82) is 5.26 Å². The van der Waals surface area contributed by atoms with Gasteiger partial charge in [-0.1, -0.05) is 36.4 Å². The highest BCUT2D eigenvalue weighted by Crippen LogP contribution is 2.44. The first-order valence-electron chi connectivity index (χ1n) is 10.6. The molecule has 34 heavy (non-hydrogen) atoms. The number of ether oxygens (including phenoxy) is 3. The maximum absolute atomic E-state index is 12.8. The molecule has 0 fully saturated rings. The van der Waals surface area contributed by atoms with Crippen LogP contribution >= 0.6 is 0 Å². The molecule has 2 N–H and O–H groups in total. The summed E-state index contributed by atoms with van der Waals surface area (Å²) in [7, 11) is 1.58. The first kappa shape index (κ1) is 21.2. The van der Waals surface area contributed by atoms with Gasteiger partial charge in [-0.2, -0.15) is 5.26 Å². The van der Waals surface area contributed by atoms with Crippen molar-refractivity contribution in [2.45, 2.75) is 12.8 Å². The number of hydrogen-bond donors (Lipinski definition) is 1. The summed E-state index contributed by atoms with van der Waals surface area (Å²) in [6.07, 6.45) is 0. The standard InChI is InChI=1S/C27H20N2O5/c1-15-19-8-3-4-9-22(19)33-25(15)27(30)32-18-10-11-20-23(13-18)34-26(29)21(14-28)24(20)16-6-5-7-17(12-16)31-2/h3-13,24H,29H2,1-2H3. The highest BCUT2D eigenvalue weighted by molar-refractivity contribution is 5.96. The van der Waals surface area contributed by atoms with Crippen molar-refractivity contribution in [2.75, 3.05) is 7.11 Å². The molecule has 0 radical (unpaired) electrons. The zero-order valence-corrected chi connectivity index (χ0v) is 18.5. The topological polar surface area (TPSA) is 108 Å². The Hall–Kier alpha value is -4.70. The SMILES string of the molecule is COc1cccc(C2C(C#N)=C(N)Oc3cc(OC(=O)c4oc5ccccc5c4C)ccc32)c1. The van der Waals surface area contributed by atoms with Gasteiger partial charge in [0, 0.05) is 22.6 Å². The molecule has 1 aromatic heterocycles. The Morgan fingerprint density at radius 3 is 2.65 bits per heavy atom. The van der Waals surface area contributed by atoms with Crippen LogP contribution in [0.4, 0.5) is 0 Å². The third-order valence-corrected chi connectivity index (χ3v) is 5.86. The molecule has 1 aliphatic rings. The van der Waals surface area contributed by atoms with E-state index in [1.54, 1.807) is 31.4 Å². The number of methoxy groups -OCH3 is 1. The molecule has 1 aliphatic heterocycles.